The Kier molecular flexibility index (Phi) is 4.02. The first-order chi connectivity index (χ1) is 9.40. The van der Waals surface area contributed by atoms with E-state index in [9.17, 15) is 0 Å². The van der Waals surface area contributed by atoms with Crippen LogP contribution in [0.3, 0.4) is 0 Å². The predicted octanol–water partition coefficient (Wildman–Crippen LogP) is 4.38. The van der Waals surface area contributed by atoms with Crippen molar-refractivity contribution in [2.45, 2.75) is 31.7 Å². The lowest BCUT2D eigenvalue weighted by atomic mass is 10.1. The minimum absolute atomic E-state index is 0.698. The van der Waals surface area contributed by atoms with Crippen LogP contribution in [-0.4, -0.2) is 22.9 Å². The molecular formula is C16H19BrN2. The maximum Gasteiger partial charge on any atom is 0.0722 e. The lowest BCUT2D eigenvalue weighted by Gasteiger charge is -2.31. The van der Waals surface area contributed by atoms with Gasteiger partial charge in [0, 0.05) is 35.2 Å². The van der Waals surface area contributed by atoms with E-state index in [1.54, 1.807) is 0 Å². The van der Waals surface area contributed by atoms with Crippen molar-refractivity contribution in [3.63, 3.8) is 0 Å². The molecule has 0 aliphatic heterocycles. The van der Waals surface area contributed by atoms with Crippen LogP contribution in [0.2, 0.25) is 0 Å². The lowest BCUT2D eigenvalue weighted by Crippen LogP contribution is -2.35. The molecule has 19 heavy (non-hydrogen) atoms. The summed E-state index contributed by atoms with van der Waals surface area (Å²) in [5.74, 6) is 0. The summed E-state index contributed by atoms with van der Waals surface area (Å²) < 4.78 is 0. The molecule has 1 aliphatic rings. The van der Waals surface area contributed by atoms with Crippen LogP contribution in [0, 0.1) is 0 Å². The minimum Gasteiger partial charge on any atom is -0.367 e. The normalized spacial score (nSPS) is 16.1. The Labute approximate surface area is 123 Å². The maximum absolute atomic E-state index is 4.47. The summed E-state index contributed by atoms with van der Waals surface area (Å²) in [6.45, 7) is 1.07. The lowest BCUT2D eigenvalue weighted by molar-refractivity contribution is 0.624. The van der Waals surface area contributed by atoms with E-state index in [1.165, 1.54) is 36.8 Å². The summed E-state index contributed by atoms with van der Waals surface area (Å²) >= 11 is 3.60. The van der Waals surface area contributed by atoms with Gasteiger partial charge in [0.25, 0.3) is 0 Å². The molecule has 0 unspecified atom stereocenters. The van der Waals surface area contributed by atoms with Gasteiger partial charge in [0.1, 0.15) is 0 Å². The summed E-state index contributed by atoms with van der Waals surface area (Å²) in [4.78, 5) is 7.05. The van der Waals surface area contributed by atoms with Crippen molar-refractivity contribution in [2.24, 2.45) is 0 Å². The Balaban J connectivity index is 2.03. The minimum atomic E-state index is 0.698. The average Bonchev–Trinajstić information content (AvgIpc) is 2.98. The molecule has 1 heterocycles. The third-order valence-electron chi connectivity index (χ3n) is 4.03. The highest BCUT2D eigenvalue weighted by Crippen LogP contribution is 2.32. The van der Waals surface area contributed by atoms with Gasteiger partial charge < -0.3 is 4.90 Å². The summed E-state index contributed by atoms with van der Waals surface area (Å²) in [6, 6.07) is 11.3. The fourth-order valence-electron chi connectivity index (χ4n) is 3.14. The molecule has 2 nitrogen and oxygen atoms in total. The molecule has 3 heteroatoms. The molecule has 1 aliphatic carbocycles. The average molecular weight is 319 g/mol. The van der Waals surface area contributed by atoms with Crippen LogP contribution in [0.15, 0.2) is 36.5 Å². The van der Waals surface area contributed by atoms with E-state index in [4.69, 9.17) is 0 Å². The highest BCUT2D eigenvalue weighted by atomic mass is 79.9. The van der Waals surface area contributed by atoms with Crippen LogP contribution < -0.4 is 4.90 Å². The summed E-state index contributed by atoms with van der Waals surface area (Å²) in [7, 11) is 0. The molecule has 0 radical (unpaired) electrons. The number of para-hydroxylation sites is 1. The van der Waals surface area contributed by atoms with E-state index in [-0.39, 0.29) is 0 Å². The van der Waals surface area contributed by atoms with Gasteiger partial charge in [-0.25, -0.2) is 0 Å². The zero-order valence-corrected chi connectivity index (χ0v) is 12.6. The van der Waals surface area contributed by atoms with E-state index in [1.807, 2.05) is 6.20 Å². The molecule has 100 valence electrons. The van der Waals surface area contributed by atoms with Crippen LogP contribution in [0.5, 0.6) is 0 Å². The number of aromatic nitrogens is 1. The molecule has 1 aromatic heterocycles. The predicted molar refractivity (Wildman–Crippen MR) is 85.1 cm³/mol. The number of halogens is 1. The first kappa shape index (κ1) is 12.9. The van der Waals surface area contributed by atoms with E-state index in [0.29, 0.717) is 6.04 Å². The van der Waals surface area contributed by atoms with Crippen molar-refractivity contribution in [3.8, 4) is 0 Å². The number of hydrogen-bond donors (Lipinski definition) is 0. The number of hydrogen-bond acceptors (Lipinski definition) is 2. The Hall–Kier alpha value is -1.09. The molecule has 0 bridgehead atoms. The van der Waals surface area contributed by atoms with Crippen molar-refractivity contribution in [2.75, 3.05) is 16.8 Å². The second-order valence-electron chi connectivity index (χ2n) is 5.17. The van der Waals surface area contributed by atoms with Gasteiger partial charge in [0.05, 0.1) is 5.52 Å². The first-order valence-electron chi connectivity index (χ1n) is 7.06. The summed E-state index contributed by atoms with van der Waals surface area (Å²) in [6.07, 6.45) is 7.32. The Morgan fingerprint density at radius 3 is 2.74 bits per heavy atom. The van der Waals surface area contributed by atoms with E-state index >= 15 is 0 Å². The van der Waals surface area contributed by atoms with Gasteiger partial charge in [-0.2, -0.15) is 0 Å². The fourth-order valence-corrected chi connectivity index (χ4v) is 3.52. The van der Waals surface area contributed by atoms with Gasteiger partial charge >= 0.3 is 0 Å². The standard InChI is InChI=1S/C16H19BrN2/c17-10-12-19(13-5-1-2-6-13)16-9-11-18-15-8-4-3-7-14(15)16/h3-4,7-9,11,13H,1-2,5-6,10,12H2. The van der Waals surface area contributed by atoms with Crippen molar-refractivity contribution >= 4 is 32.5 Å². The molecule has 3 rings (SSSR count). The van der Waals surface area contributed by atoms with Crippen LogP contribution >= 0.6 is 15.9 Å². The topological polar surface area (TPSA) is 16.1 Å². The van der Waals surface area contributed by atoms with Crippen molar-refractivity contribution < 1.29 is 0 Å². The third kappa shape index (κ3) is 2.62. The molecule has 1 saturated carbocycles. The van der Waals surface area contributed by atoms with E-state index < -0.39 is 0 Å². The molecule has 1 fully saturated rings. The molecule has 2 aromatic rings. The number of pyridine rings is 1. The number of rotatable bonds is 4. The molecule has 0 saturated heterocycles. The number of fused-ring (bicyclic) bond motifs is 1. The smallest absolute Gasteiger partial charge is 0.0722 e. The molecule has 1 aromatic carbocycles. The van der Waals surface area contributed by atoms with Crippen molar-refractivity contribution in [1.29, 1.82) is 0 Å². The zero-order chi connectivity index (χ0) is 13.1. The Bertz CT molecular complexity index is 544. The summed E-state index contributed by atoms with van der Waals surface area (Å²) in [5, 5.41) is 2.29. The van der Waals surface area contributed by atoms with Crippen LogP contribution in [-0.2, 0) is 0 Å². The quantitative estimate of drug-likeness (QED) is 0.778. The molecule has 0 spiro atoms. The number of benzene rings is 1. The zero-order valence-electron chi connectivity index (χ0n) is 11.1. The second-order valence-corrected chi connectivity index (χ2v) is 5.96. The highest BCUT2D eigenvalue weighted by molar-refractivity contribution is 9.09. The molecule has 0 atom stereocenters. The Morgan fingerprint density at radius 2 is 1.95 bits per heavy atom. The number of alkyl halides is 1. The monoisotopic (exact) mass is 318 g/mol. The summed E-state index contributed by atoms with van der Waals surface area (Å²) in [5.41, 5.74) is 2.44. The second kappa shape index (κ2) is 5.91. The highest BCUT2D eigenvalue weighted by Gasteiger charge is 2.23. The van der Waals surface area contributed by atoms with Crippen molar-refractivity contribution in [1.82, 2.24) is 4.98 Å². The first-order valence-corrected chi connectivity index (χ1v) is 8.18. The fraction of sp³-hybridized carbons (Fsp3) is 0.438. The molecule has 0 amide bonds. The largest absolute Gasteiger partial charge is 0.367 e. The van der Waals surface area contributed by atoms with E-state index in [0.717, 1.165) is 17.4 Å². The number of nitrogens with zero attached hydrogens (tertiary/aromatic N) is 2. The van der Waals surface area contributed by atoms with Gasteiger partial charge in [0.15, 0.2) is 0 Å². The van der Waals surface area contributed by atoms with Gasteiger partial charge in [0.2, 0.25) is 0 Å². The van der Waals surface area contributed by atoms with Gasteiger partial charge in [-0.05, 0) is 25.0 Å². The van der Waals surface area contributed by atoms with Gasteiger partial charge in [-0.15, -0.1) is 0 Å². The van der Waals surface area contributed by atoms with Gasteiger partial charge in [-0.1, -0.05) is 47.0 Å². The Morgan fingerprint density at radius 1 is 1.16 bits per heavy atom. The molecule has 0 N–H and O–H groups in total. The SMILES string of the molecule is BrCCN(c1ccnc2ccccc12)C1CCCC1. The van der Waals surface area contributed by atoms with Gasteiger partial charge in [-0.3, -0.25) is 4.98 Å². The van der Waals surface area contributed by atoms with Crippen LogP contribution in [0.25, 0.3) is 10.9 Å². The molecular weight excluding hydrogens is 300 g/mol. The maximum atomic E-state index is 4.47. The van der Waals surface area contributed by atoms with Crippen LogP contribution in [0.4, 0.5) is 5.69 Å². The van der Waals surface area contributed by atoms with E-state index in [2.05, 4.69) is 56.1 Å². The van der Waals surface area contributed by atoms with Crippen LogP contribution in [0.1, 0.15) is 25.7 Å². The third-order valence-corrected chi connectivity index (χ3v) is 4.38. The van der Waals surface area contributed by atoms with Crippen molar-refractivity contribution in [3.05, 3.63) is 36.5 Å². The number of anilines is 1.